The van der Waals surface area contributed by atoms with Gasteiger partial charge < -0.3 is 19.0 Å². The lowest BCUT2D eigenvalue weighted by Crippen LogP contribution is -2.30. The lowest BCUT2D eigenvalue weighted by atomic mass is 10.2. The molecule has 2 aliphatic heterocycles. The van der Waals surface area contributed by atoms with Gasteiger partial charge >= 0.3 is 0 Å². The molecule has 0 saturated carbocycles. The van der Waals surface area contributed by atoms with E-state index in [-0.39, 0.29) is 17.9 Å². The van der Waals surface area contributed by atoms with Gasteiger partial charge in [0.1, 0.15) is 6.10 Å². The molecule has 0 aliphatic carbocycles. The Balaban J connectivity index is 1.34. The van der Waals surface area contributed by atoms with E-state index < -0.39 is 0 Å². The Labute approximate surface area is 170 Å². The van der Waals surface area contributed by atoms with Gasteiger partial charge in [0.15, 0.2) is 11.6 Å². The standard InChI is InChI=1S/C21H27N5O3/c1-15(2)21-24-23-18(29-21)7-8-19(27)26-13-9-16(14-26)28-17-6-5-10-22-20(17)25-11-3-4-12-25/h5-8,10,15-16H,3-4,9,11-14H2,1-2H3/b8-7+. The van der Waals surface area contributed by atoms with E-state index in [1.165, 1.54) is 18.9 Å². The summed E-state index contributed by atoms with van der Waals surface area (Å²) in [6.45, 7) is 7.21. The second-order valence-corrected chi connectivity index (χ2v) is 7.80. The van der Waals surface area contributed by atoms with Crippen molar-refractivity contribution >= 4 is 17.8 Å². The SMILES string of the molecule is CC(C)c1nnc(/C=C/C(=O)N2CCC(Oc3cccnc3N3CCCC3)C2)o1. The van der Waals surface area contributed by atoms with Crippen LogP contribution in [0.3, 0.4) is 0 Å². The van der Waals surface area contributed by atoms with Gasteiger partial charge in [-0.25, -0.2) is 4.98 Å². The first-order valence-corrected chi connectivity index (χ1v) is 10.3. The van der Waals surface area contributed by atoms with Gasteiger partial charge in [-0.2, -0.15) is 0 Å². The van der Waals surface area contributed by atoms with Crippen molar-refractivity contribution < 1.29 is 13.9 Å². The number of hydrogen-bond acceptors (Lipinski definition) is 7. The second-order valence-electron chi connectivity index (χ2n) is 7.80. The maximum atomic E-state index is 12.5. The molecular formula is C21H27N5O3. The number of aromatic nitrogens is 3. The Morgan fingerprint density at radius 2 is 2.10 bits per heavy atom. The summed E-state index contributed by atoms with van der Waals surface area (Å²) in [5, 5.41) is 7.91. The number of likely N-dealkylation sites (tertiary alicyclic amines) is 1. The maximum absolute atomic E-state index is 12.5. The third kappa shape index (κ3) is 4.58. The van der Waals surface area contributed by atoms with E-state index in [2.05, 4.69) is 20.1 Å². The van der Waals surface area contributed by atoms with Gasteiger partial charge in [-0.05, 0) is 25.0 Å². The van der Waals surface area contributed by atoms with Crippen molar-refractivity contribution in [2.75, 3.05) is 31.1 Å². The number of carbonyl (C=O) groups excluding carboxylic acids is 1. The number of hydrogen-bond donors (Lipinski definition) is 0. The van der Waals surface area contributed by atoms with E-state index in [0.717, 1.165) is 31.1 Å². The third-order valence-corrected chi connectivity index (χ3v) is 5.23. The molecule has 0 bridgehead atoms. The van der Waals surface area contributed by atoms with Gasteiger partial charge in [-0.1, -0.05) is 13.8 Å². The monoisotopic (exact) mass is 397 g/mol. The highest BCUT2D eigenvalue weighted by Crippen LogP contribution is 2.30. The fourth-order valence-electron chi connectivity index (χ4n) is 3.64. The third-order valence-electron chi connectivity index (χ3n) is 5.23. The van der Waals surface area contributed by atoms with Crippen LogP contribution in [0.25, 0.3) is 6.08 Å². The van der Waals surface area contributed by atoms with Crippen molar-refractivity contribution in [2.24, 2.45) is 0 Å². The minimum Gasteiger partial charge on any atom is -0.485 e. The first kappa shape index (κ1) is 19.4. The van der Waals surface area contributed by atoms with Crippen molar-refractivity contribution in [3.63, 3.8) is 0 Å². The summed E-state index contributed by atoms with van der Waals surface area (Å²) < 4.78 is 11.7. The molecule has 2 fully saturated rings. The molecule has 0 aromatic carbocycles. The van der Waals surface area contributed by atoms with Crippen molar-refractivity contribution in [3.05, 3.63) is 36.2 Å². The zero-order valence-corrected chi connectivity index (χ0v) is 17.0. The predicted octanol–water partition coefficient (Wildman–Crippen LogP) is 2.88. The topological polar surface area (TPSA) is 84.6 Å². The molecule has 4 rings (SSSR count). The van der Waals surface area contributed by atoms with Crippen LogP contribution in [0.5, 0.6) is 5.75 Å². The number of rotatable bonds is 6. The van der Waals surface area contributed by atoms with Crippen molar-refractivity contribution in [2.45, 2.75) is 45.1 Å². The molecule has 154 valence electrons. The quantitative estimate of drug-likeness (QED) is 0.693. The summed E-state index contributed by atoms with van der Waals surface area (Å²) in [5.41, 5.74) is 0. The average molecular weight is 397 g/mol. The molecular weight excluding hydrogens is 370 g/mol. The van der Waals surface area contributed by atoms with E-state index in [4.69, 9.17) is 9.15 Å². The molecule has 2 saturated heterocycles. The van der Waals surface area contributed by atoms with Crippen molar-refractivity contribution in [1.29, 1.82) is 0 Å². The Kier molecular flexibility index (Phi) is 5.78. The summed E-state index contributed by atoms with van der Waals surface area (Å²) in [6.07, 6.45) is 8.00. The maximum Gasteiger partial charge on any atom is 0.246 e. The lowest BCUT2D eigenvalue weighted by molar-refractivity contribution is -0.125. The number of pyridine rings is 1. The molecule has 8 nitrogen and oxygen atoms in total. The molecule has 1 unspecified atom stereocenters. The first-order chi connectivity index (χ1) is 14.1. The van der Waals surface area contributed by atoms with Gasteiger partial charge in [0.25, 0.3) is 0 Å². The first-order valence-electron chi connectivity index (χ1n) is 10.3. The normalized spacial score (nSPS) is 19.6. The average Bonchev–Trinajstić information content (AvgIpc) is 3.47. The van der Waals surface area contributed by atoms with Gasteiger partial charge in [0, 0.05) is 50.3 Å². The van der Waals surface area contributed by atoms with Gasteiger partial charge in [0.2, 0.25) is 17.7 Å². The smallest absolute Gasteiger partial charge is 0.246 e. The van der Waals surface area contributed by atoms with Crippen molar-refractivity contribution in [3.8, 4) is 5.75 Å². The highest BCUT2D eigenvalue weighted by atomic mass is 16.5. The zero-order valence-electron chi connectivity index (χ0n) is 17.0. The van der Waals surface area contributed by atoms with E-state index in [1.807, 2.05) is 26.0 Å². The summed E-state index contributed by atoms with van der Waals surface area (Å²) in [4.78, 5) is 21.1. The minimum atomic E-state index is -0.0775. The van der Waals surface area contributed by atoms with Crippen LogP contribution in [-0.2, 0) is 4.79 Å². The molecule has 0 radical (unpaired) electrons. The fourth-order valence-corrected chi connectivity index (χ4v) is 3.64. The predicted molar refractivity (Wildman–Crippen MR) is 109 cm³/mol. The Bertz CT molecular complexity index is 873. The van der Waals surface area contributed by atoms with Gasteiger partial charge in [-0.15, -0.1) is 10.2 Å². The molecule has 2 aliphatic rings. The van der Waals surface area contributed by atoms with Crippen LogP contribution in [0.2, 0.25) is 0 Å². The van der Waals surface area contributed by atoms with E-state index in [9.17, 15) is 4.79 Å². The van der Waals surface area contributed by atoms with Crippen LogP contribution in [0.4, 0.5) is 5.82 Å². The van der Waals surface area contributed by atoms with Gasteiger partial charge in [0.05, 0.1) is 6.54 Å². The molecule has 2 aromatic rings. The number of anilines is 1. The van der Waals surface area contributed by atoms with Gasteiger partial charge in [-0.3, -0.25) is 4.79 Å². The highest BCUT2D eigenvalue weighted by molar-refractivity contribution is 5.91. The molecule has 1 atom stereocenters. The van der Waals surface area contributed by atoms with Crippen molar-refractivity contribution in [1.82, 2.24) is 20.1 Å². The number of amides is 1. The number of ether oxygens (including phenoxy) is 1. The van der Waals surface area contributed by atoms with Crippen LogP contribution < -0.4 is 9.64 Å². The minimum absolute atomic E-state index is 0.0335. The number of nitrogens with zero attached hydrogens (tertiary/aromatic N) is 5. The van der Waals surface area contributed by atoms with Crippen LogP contribution in [0, 0.1) is 0 Å². The van der Waals surface area contributed by atoms with Crippen LogP contribution in [-0.4, -0.2) is 58.3 Å². The summed E-state index contributed by atoms with van der Waals surface area (Å²) in [5.74, 6) is 2.71. The molecule has 4 heterocycles. The largest absolute Gasteiger partial charge is 0.485 e. The Morgan fingerprint density at radius 3 is 2.86 bits per heavy atom. The second kappa shape index (κ2) is 8.63. The molecule has 8 heteroatoms. The Morgan fingerprint density at radius 1 is 1.28 bits per heavy atom. The zero-order chi connectivity index (χ0) is 20.2. The van der Waals surface area contributed by atoms with Crippen LogP contribution >= 0.6 is 0 Å². The molecule has 0 N–H and O–H groups in total. The van der Waals surface area contributed by atoms with E-state index in [1.54, 1.807) is 17.2 Å². The lowest BCUT2D eigenvalue weighted by Gasteiger charge is -2.22. The molecule has 29 heavy (non-hydrogen) atoms. The molecule has 1 amide bonds. The fraction of sp³-hybridized carbons (Fsp3) is 0.524. The van der Waals surface area contributed by atoms with Crippen LogP contribution in [0.15, 0.2) is 28.8 Å². The molecule has 0 spiro atoms. The summed E-state index contributed by atoms with van der Waals surface area (Å²) in [6, 6.07) is 3.86. The molecule has 2 aromatic heterocycles. The van der Waals surface area contributed by atoms with E-state index in [0.29, 0.717) is 24.9 Å². The van der Waals surface area contributed by atoms with E-state index >= 15 is 0 Å². The number of carbonyl (C=O) groups is 1. The van der Waals surface area contributed by atoms with Crippen LogP contribution in [0.1, 0.15) is 50.8 Å². The summed E-state index contributed by atoms with van der Waals surface area (Å²) in [7, 11) is 0. The Hall–Kier alpha value is -2.90. The summed E-state index contributed by atoms with van der Waals surface area (Å²) >= 11 is 0. The highest BCUT2D eigenvalue weighted by Gasteiger charge is 2.28.